The fourth-order valence-electron chi connectivity index (χ4n) is 3.41. The minimum atomic E-state index is -0.653. The van der Waals surface area contributed by atoms with Crippen LogP contribution in [0.3, 0.4) is 0 Å². The molecule has 3 amide bonds. The third-order valence-electron chi connectivity index (χ3n) is 5.21. The highest BCUT2D eigenvalue weighted by atomic mass is 16.5. The SMILES string of the molecule is CCCCNC(=O)C1CCCN(C(=O)C(C)NC(=O)/C=C/c2ccc(OC)cc2)C1. The molecule has 7 heteroatoms. The maximum absolute atomic E-state index is 12.7. The van der Waals surface area contributed by atoms with Crippen LogP contribution < -0.4 is 15.4 Å². The summed E-state index contributed by atoms with van der Waals surface area (Å²) in [5.74, 6) is 0.0805. The average molecular weight is 416 g/mol. The molecule has 1 saturated heterocycles. The van der Waals surface area contributed by atoms with Crippen LogP contribution in [0.4, 0.5) is 0 Å². The number of ether oxygens (including phenoxy) is 1. The van der Waals surface area contributed by atoms with Crippen molar-refractivity contribution in [1.82, 2.24) is 15.5 Å². The number of piperidine rings is 1. The minimum absolute atomic E-state index is 0.0139. The van der Waals surface area contributed by atoms with Crippen LogP contribution in [0.5, 0.6) is 5.75 Å². The van der Waals surface area contributed by atoms with Crippen LogP contribution in [0.25, 0.3) is 6.08 Å². The van der Waals surface area contributed by atoms with Gasteiger partial charge in [-0.2, -0.15) is 0 Å². The number of nitrogens with zero attached hydrogens (tertiary/aromatic N) is 1. The lowest BCUT2D eigenvalue weighted by molar-refractivity contribution is -0.138. The third kappa shape index (κ3) is 7.21. The van der Waals surface area contributed by atoms with Crippen LogP contribution >= 0.6 is 0 Å². The number of amides is 3. The van der Waals surface area contributed by atoms with E-state index >= 15 is 0 Å². The first-order chi connectivity index (χ1) is 14.4. The van der Waals surface area contributed by atoms with Crippen LogP contribution in [-0.4, -0.2) is 55.4 Å². The molecule has 0 saturated carbocycles. The first kappa shape index (κ1) is 23.4. The summed E-state index contributed by atoms with van der Waals surface area (Å²) in [4.78, 5) is 38.9. The van der Waals surface area contributed by atoms with Crippen LogP contribution in [0.1, 0.15) is 45.1 Å². The lowest BCUT2D eigenvalue weighted by Crippen LogP contribution is -2.51. The van der Waals surface area contributed by atoms with Gasteiger partial charge in [0.15, 0.2) is 0 Å². The number of carbonyl (C=O) groups is 3. The molecule has 2 unspecified atom stereocenters. The predicted molar refractivity (Wildman–Crippen MR) is 117 cm³/mol. The molecule has 30 heavy (non-hydrogen) atoms. The monoisotopic (exact) mass is 415 g/mol. The molecule has 0 aliphatic carbocycles. The normalized spacial score (nSPS) is 17.4. The Bertz CT molecular complexity index is 745. The van der Waals surface area contributed by atoms with Gasteiger partial charge in [-0.15, -0.1) is 0 Å². The van der Waals surface area contributed by atoms with E-state index in [9.17, 15) is 14.4 Å². The molecule has 7 nitrogen and oxygen atoms in total. The molecule has 0 bridgehead atoms. The molecular weight excluding hydrogens is 382 g/mol. The summed E-state index contributed by atoms with van der Waals surface area (Å²) in [5.41, 5.74) is 0.859. The number of methoxy groups -OCH3 is 1. The van der Waals surface area contributed by atoms with Gasteiger partial charge in [0.05, 0.1) is 13.0 Å². The Balaban J connectivity index is 1.84. The van der Waals surface area contributed by atoms with Crippen molar-refractivity contribution in [3.8, 4) is 5.75 Å². The number of likely N-dealkylation sites (tertiary alicyclic amines) is 1. The zero-order valence-electron chi connectivity index (χ0n) is 18.1. The van der Waals surface area contributed by atoms with E-state index in [1.54, 1.807) is 25.0 Å². The van der Waals surface area contributed by atoms with E-state index in [1.165, 1.54) is 6.08 Å². The fraction of sp³-hybridized carbons (Fsp3) is 0.522. The summed E-state index contributed by atoms with van der Waals surface area (Å²) < 4.78 is 5.11. The van der Waals surface area contributed by atoms with Crippen LogP contribution in [0, 0.1) is 5.92 Å². The van der Waals surface area contributed by atoms with Crippen molar-refractivity contribution in [3.05, 3.63) is 35.9 Å². The number of nitrogens with one attached hydrogen (secondary N) is 2. The fourth-order valence-corrected chi connectivity index (χ4v) is 3.41. The standard InChI is InChI=1S/C23H33N3O4/c1-4-5-14-24-22(28)19-7-6-15-26(16-19)23(29)17(2)25-21(27)13-10-18-8-11-20(30-3)12-9-18/h8-13,17,19H,4-7,14-16H2,1-3H3,(H,24,28)(H,25,27)/b13-10+. The van der Waals surface area contributed by atoms with Gasteiger partial charge in [0.25, 0.3) is 0 Å². The second kappa shape index (κ2) is 12.0. The molecule has 0 spiro atoms. The molecule has 0 radical (unpaired) electrons. The molecule has 0 aromatic heterocycles. The second-order valence-corrected chi connectivity index (χ2v) is 7.60. The largest absolute Gasteiger partial charge is 0.497 e. The Morgan fingerprint density at radius 2 is 2.00 bits per heavy atom. The molecular formula is C23H33N3O4. The molecule has 164 valence electrons. The number of unbranched alkanes of at least 4 members (excludes halogenated alkanes) is 1. The number of hydrogen-bond donors (Lipinski definition) is 2. The molecule has 2 rings (SSSR count). The molecule has 1 aliphatic heterocycles. The van der Waals surface area contributed by atoms with E-state index in [2.05, 4.69) is 17.6 Å². The Morgan fingerprint density at radius 1 is 1.27 bits per heavy atom. The molecule has 1 aromatic rings. The van der Waals surface area contributed by atoms with Gasteiger partial charge in [0.2, 0.25) is 17.7 Å². The van der Waals surface area contributed by atoms with Crippen molar-refractivity contribution in [1.29, 1.82) is 0 Å². The van der Waals surface area contributed by atoms with Gasteiger partial charge in [0.1, 0.15) is 11.8 Å². The van der Waals surface area contributed by atoms with E-state index in [0.717, 1.165) is 37.0 Å². The zero-order chi connectivity index (χ0) is 21.9. The lowest BCUT2D eigenvalue weighted by Gasteiger charge is -2.33. The van der Waals surface area contributed by atoms with E-state index in [-0.39, 0.29) is 23.6 Å². The maximum atomic E-state index is 12.7. The Labute approximate surface area is 178 Å². The quantitative estimate of drug-likeness (QED) is 0.479. The van der Waals surface area contributed by atoms with E-state index in [4.69, 9.17) is 4.74 Å². The van der Waals surface area contributed by atoms with Crippen LogP contribution in [0.15, 0.2) is 30.3 Å². The van der Waals surface area contributed by atoms with Crippen LogP contribution in [0.2, 0.25) is 0 Å². The van der Waals surface area contributed by atoms with Gasteiger partial charge in [0, 0.05) is 25.7 Å². The number of hydrogen-bond acceptors (Lipinski definition) is 4. The summed E-state index contributed by atoms with van der Waals surface area (Å²) in [6, 6.07) is 6.66. The average Bonchev–Trinajstić information content (AvgIpc) is 2.77. The highest BCUT2D eigenvalue weighted by Crippen LogP contribution is 2.17. The lowest BCUT2D eigenvalue weighted by atomic mass is 9.96. The molecule has 1 aliphatic rings. The number of carbonyl (C=O) groups excluding carboxylic acids is 3. The smallest absolute Gasteiger partial charge is 0.244 e. The van der Waals surface area contributed by atoms with Gasteiger partial charge < -0.3 is 20.3 Å². The molecule has 2 N–H and O–H groups in total. The Kier molecular flexibility index (Phi) is 9.38. The molecule has 1 aromatic carbocycles. The first-order valence-electron chi connectivity index (χ1n) is 10.6. The predicted octanol–water partition coefficient (Wildman–Crippen LogP) is 2.37. The van der Waals surface area contributed by atoms with Gasteiger partial charge >= 0.3 is 0 Å². The minimum Gasteiger partial charge on any atom is -0.497 e. The highest BCUT2D eigenvalue weighted by Gasteiger charge is 2.30. The summed E-state index contributed by atoms with van der Waals surface area (Å²) in [5, 5.41) is 5.66. The third-order valence-corrected chi connectivity index (χ3v) is 5.21. The van der Waals surface area contributed by atoms with Gasteiger partial charge in [-0.05, 0) is 50.0 Å². The first-order valence-corrected chi connectivity index (χ1v) is 10.6. The van der Waals surface area contributed by atoms with Crippen molar-refractivity contribution < 1.29 is 19.1 Å². The number of rotatable bonds is 9. The summed E-state index contributed by atoms with van der Waals surface area (Å²) >= 11 is 0. The molecule has 1 heterocycles. The van der Waals surface area contributed by atoms with Crippen molar-refractivity contribution in [3.63, 3.8) is 0 Å². The van der Waals surface area contributed by atoms with Gasteiger partial charge in [-0.1, -0.05) is 25.5 Å². The van der Waals surface area contributed by atoms with Crippen molar-refractivity contribution in [2.24, 2.45) is 5.92 Å². The van der Waals surface area contributed by atoms with E-state index in [1.807, 2.05) is 24.3 Å². The van der Waals surface area contributed by atoms with Gasteiger partial charge in [-0.3, -0.25) is 14.4 Å². The van der Waals surface area contributed by atoms with Crippen LogP contribution in [-0.2, 0) is 14.4 Å². The topological polar surface area (TPSA) is 87.7 Å². The Hall–Kier alpha value is -2.83. The summed E-state index contributed by atoms with van der Waals surface area (Å²) in [6.07, 6.45) is 6.64. The van der Waals surface area contributed by atoms with Crippen molar-refractivity contribution in [2.75, 3.05) is 26.7 Å². The molecule has 1 fully saturated rings. The number of benzene rings is 1. The van der Waals surface area contributed by atoms with E-state index in [0.29, 0.717) is 19.6 Å². The van der Waals surface area contributed by atoms with Crippen molar-refractivity contribution >= 4 is 23.8 Å². The molecule has 2 atom stereocenters. The van der Waals surface area contributed by atoms with E-state index < -0.39 is 6.04 Å². The van der Waals surface area contributed by atoms with Crippen molar-refractivity contribution in [2.45, 2.75) is 45.6 Å². The highest BCUT2D eigenvalue weighted by molar-refractivity contribution is 5.95. The maximum Gasteiger partial charge on any atom is 0.244 e. The Morgan fingerprint density at radius 3 is 2.67 bits per heavy atom. The second-order valence-electron chi connectivity index (χ2n) is 7.60. The summed E-state index contributed by atoms with van der Waals surface area (Å²) in [7, 11) is 1.60. The zero-order valence-corrected chi connectivity index (χ0v) is 18.1. The van der Waals surface area contributed by atoms with Gasteiger partial charge in [-0.25, -0.2) is 0 Å². The summed E-state index contributed by atoms with van der Waals surface area (Å²) in [6.45, 7) is 5.44.